The molecule has 1 aliphatic carbocycles. The fourth-order valence-corrected chi connectivity index (χ4v) is 1.87. The second kappa shape index (κ2) is 5.31. The van der Waals surface area contributed by atoms with Crippen molar-refractivity contribution in [3.63, 3.8) is 0 Å². The fourth-order valence-electron chi connectivity index (χ4n) is 1.87. The van der Waals surface area contributed by atoms with E-state index >= 15 is 0 Å². The maximum absolute atomic E-state index is 5.91. The van der Waals surface area contributed by atoms with Gasteiger partial charge in [-0.15, -0.1) is 0 Å². The van der Waals surface area contributed by atoms with Gasteiger partial charge in [0.15, 0.2) is 0 Å². The molecule has 1 aromatic rings. The third-order valence-electron chi connectivity index (χ3n) is 2.60. The molecule has 1 radical (unpaired) electrons. The van der Waals surface area contributed by atoms with Crippen LogP contribution in [0.5, 0.6) is 0 Å². The van der Waals surface area contributed by atoms with E-state index in [0.29, 0.717) is 0 Å². The normalized spacial score (nSPS) is 15.6. The minimum Gasteiger partial charge on any atom is -0.398 e. The molecule has 2 rings (SSSR count). The van der Waals surface area contributed by atoms with E-state index in [-0.39, 0.29) is 19.5 Å². The Kier molecular flexibility index (Phi) is 4.35. The molecule has 77 valence electrons. The molecule has 0 saturated heterocycles. The number of benzene rings is 1. The number of anilines is 1. The maximum atomic E-state index is 5.91. The number of hydrogen-bond donors (Lipinski definition) is 1. The van der Waals surface area contributed by atoms with Gasteiger partial charge in [-0.2, -0.15) is 0 Å². The van der Waals surface area contributed by atoms with Crippen molar-refractivity contribution in [2.75, 3.05) is 5.73 Å². The number of rotatable bonds is 1. The van der Waals surface area contributed by atoms with Crippen molar-refractivity contribution < 1.29 is 19.5 Å². The van der Waals surface area contributed by atoms with Crippen molar-refractivity contribution in [2.24, 2.45) is 0 Å². The second-order valence-corrected chi connectivity index (χ2v) is 3.56. The van der Waals surface area contributed by atoms with Crippen LogP contribution in [0.15, 0.2) is 30.3 Å². The van der Waals surface area contributed by atoms with Gasteiger partial charge in [-0.05, 0) is 37.3 Å². The van der Waals surface area contributed by atoms with Gasteiger partial charge in [-0.1, -0.05) is 24.3 Å². The van der Waals surface area contributed by atoms with E-state index in [1.807, 2.05) is 12.1 Å². The third kappa shape index (κ3) is 2.45. The number of para-hydroxylation sites is 1. The van der Waals surface area contributed by atoms with Crippen LogP contribution in [0.1, 0.15) is 31.2 Å². The average Bonchev–Trinajstić information content (AvgIpc) is 2.20. The zero-order valence-electron chi connectivity index (χ0n) is 8.13. The summed E-state index contributed by atoms with van der Waals surface area (Å²) < 4.78 is 0. The zero-order chi connectivity index (χ0) is 9.10. The summed E-state index contributed by atoms with van der Waals surface area (Å²) in [6.45, 7) is 0. The molecule has 0 bridgehead atoms. The molecular weight excluding hydrogens is 261 g/mol. The smallest absolute Gasteiger partial charge is 0.0390 e. The predicted molar refractivity (Wildman–Crippen MR) is 57.3 cm³/mol. The first-order valence-corrected chi connectivity index (χ1v) is 4.92. The standard InChI is InChI=1S/C12H15N.Rh/c13-12-9-5-4-8-11(12)10-6-2-1-3-7-10;/h4-6,8-9H,1-3,7,13H2;. The Hall–Kier alpha value is -0.617. The van der Waals surface area contributed by atoms with Crippen LogP contribution < -0.4 is 5.73 Å². The summed E-state index contributed by atoms with van der Waals surface area (Å²) in [4.78, 5) is 0. The van der Waals surface area contributed by atoms with Crippen molar-refractivity contribution >= 4 is 11.3 Å². The molecule has 14 heavy (non-hydrogen) atoms. The van der Waals surface area contributed by atoms with Crippen LogP contribution in [0.3, 0.4) is 0 Å². The van der Waals surface area contributed by atoms with Crippen molar-refractivity contribution in [3.05, 3.63) is 35.9 Å². The van der Waals surface area contributed by atoms with Crippen molar-refractivity contribution in [3.8, 4) is 0 Å². The Balaban J connectivity index is 0.000000980. The van der Waals surface area contributed by atoms with E-state index in [4.69, 9.17) is 5.73 Å². The molecule has 2 heteroatoms. The molecule has 0 heterocycles. The van der Waals surface area contributed by atoms with Crippen molar-refractivity contribution in [1.82, 2.24) is 0 Å². The van der Waals surface area contributed by atoms with E-state index in [0.717, 1.165) is 5.69 Å². The van der Waals surface area contributed by atoms with Crippen LogP contribution in [0.4, 0.5) is 5.69 Å². The summed E-state index contributed by atoms with van der Waals surface area (Å²) in [6.07, 6.45) is 7.36. The molecule has 1 nitrogen and oxygen atoms in total. The summed E-state index contributed by atoms with van der Waals surface area (Å²) in [6, 6.07) is 8.14. The number of nitrogens with two attached hydrogens (primary N) is 1. The van der Waals surface area contributed by atoms with Crippen LogP contribution in [-0.2, 0) is 19.5 Å². The Morgan fingerprint density at radius 2 is 1.86 bits per heavy atom. The Morgan fingerprint density at radius 1 is 1.07 bits per heavy atom. The molecule has 0 spiro atoms. The molecule has 0 amide bonds. The van der Waals surface area contributed by atoms with Gasteiger partial charge in [0.1, 0.15) is 0 Å². The SMILES string of the molecule is Nc1ccccc1C1=CCCCC1.[Rh]. The second-order valence-electron chi connectivity index (χ2n) is 3.56. The van der Waals surface area contributed by atoms with Crippen LogP contribution >= 0.6 is 0 Å². The summed E-state index contributed by atoms with van der Waals surface area (Å²) >= 11 is 0. The quantitative estimate of drug-likeness (QED) is 0.618. The zero-order valence-corrected chi connectivity index (χ0v) is 9.76. The first kappa shape index (κ1) is 11.5. The molecular formula is C12H15NRh. The van der Waals surface area contributed by atoms with Crippen LogP contribution in [0.2, 0.25) is 0 Å². The van der Waals surface area contributed by atoms with Gasteiger partial charge in [0.2, 0.25) is 0 Å². The maximum Gasteiger partial charge on any atom is 0.0390 e. The predicted octanol–water partition coefficient (Wildman–Crippen LogP) is 3.22. The van der Waals surface area contributed by atoms with E-state index in [1.165, 1.54) is 36.8 Å². The van der Waals surface area contributed by atoms with Gasteiger partial charge in [-0.25, -0.2) is 0 Å². The van der Waals surface area contributed by atoms with Gasteiger partial charge in [0, 0.05) is 30.7 Å². The number of hydrogen-bond acceptors (Lipinski definition) is 1. The van der Waals surface area contributed by atoms with Crippen molar-refractivity contribution in [2.45, 2.75) is 25.7 Å². The summed E-state index contributed by atoms with van der Waals surface area (Å²) in [5, 5.41) is 0. The average molecular weight is 276 g/mol. The van der Waals surface area contributed by atoms with Crippen LogP contribution in [0.25, 0.3) is 5.57 Å². The van der Waals surface area contributed by atoms with Gasteiger partial charge in [0.25, 0.3) is 0 Å². The molecule has 0 unspecified atom stereocenters. The van der Waals surface area contributed by atoms with E-state index in [9.17, 15) is 0 Å². The van der Waals surface area contributed by atoms with E-state index < -0.39 is 0 Å². The summed E-state index contributed by atoms with van der Waals surface area (Å²) in [7, 11) is 0. The molecule has 0 atom stereocenters. The Labute approximate surface area is 98.1 Å². The van der Waals surface area contributed by atoms with Gasteiger partial charge >= 0.3 is 0 Å². The summed E-state index contributed by atoms with van der Waals surface area (Å²) in [5.74, 6) is 0. The van der Waals surface area contributed by atoms with Crippen molar-refractivity contribution in [1.29, 1.82) is 0 Å². The Morgan fingerprint density at radius 3 is 2.50 bits per heavy atom. The topological polar surface area (TPSA) is 26.0 Å². The molecule has 0 aromatic heterocycles. The van der Waals surface area contributed by atoms with Gasteiger partial charge in [0.05, 0.1) is 0 Å². The molecule has 0 aliphatic heterocycles. The number of nitrogen functional groups attached to an aromatic ring is 1. The minimum atomic E-state index is 0. The molecule has 0 fully saturated rings. The fraction of sp³-hybridized carbons (Fsp3) is 0.333. The van der Waals surface area contributed by atoms with E-state index in [2.05, 4.69) is 18.2 Å². The monoisotopic (exact) mass is 276 g/mol. The molecule has 1 aliphatic rings. The molecule has 2 N–H and O–H groups in total. The molecule has 0 saturated carbocycles. The summed E-state index contributed by atoms with van der Waals surface area (Å²) in [5.41, 5.74) is 9.50. The van der Waals surface area contributed by atoms with Gasteiger partial charge < -0.3 is 5.73 Å². The van der Waals surface area contributed by atoms with E-state index in [1.54, 1.807) is 0 Å². The first-order chi connectivity index (χ1) is 6.38. The van der Waals surface area contributed by atoms with Crippen LogP contribution in [0, 0.1) is 0 Å². The Bertz CT molecular complexity index is 331. The van der Waals surface area contributed by atoms with Gasteiger partial charge in [-0.3, -0.25) is 0 Å². The number of allylic oxidation sites excluding steroid dienone is 2. The first-order valence-electron chi connectivity index (χ1n) is 4.92. The minimum absolute atomic E-state index is 0. The third-order valence-corrected chi connectivity index (χ3v) is 2.60. The molecule has 1 aromatic carbocycles. The largest absolute Gasteiger partial charge is 0.398 e. The van der Waals surface area contributed by atoms with Crippen LogP contribution in [-0.4, -0.2) is 0 Å².